The van der Waals surface area contributed by atoms with E-state index in [1.807, 2.05) is 25.1 Å². The van der Waals surface area contributed by atoms with Gasteiger partial charge in [-0.05, 0) is 66.1 Å². The molecule has 0 spiro atoms. The van der Waals surface area contributed by atoms with Gasteiger partial charge in [-0.25, -0.2) is 0 Å². The van der Waals surface area contributed by atoms with Crippen LogP contribution in [0.1, 0.15) is 48.1 Å². The van der Waals surface area contributed by atoms with Crippen molar-refractivity contribution in [1.82, 2.24) is 15.2 Å². The molecule has 2 aromatic carbocycles. The summed E-state index contributed by atoms with van der Waals surface area (Å²) in [6.45, 7) is 5.04. The van der Waals surface area contributed by atoms with Crippen molar-refractivity contribution in [2.45, 2.75) is 44.4 Å². The molecule has 188 valence electrons. The number of aromatic nitrogens is 1. The number of hydrogen-bond acceptors (Lipinski definition) is 4. The van der Waals surface area contributed by atoms with E-state index in [0.29, 0.717) is 24.6 Å². The van der Waals surface area contributed by atoms with Crippen molar-refractivity contribution < 1.29 is 17.9 Å². The molecule has 1 unspecified atom stereocenters. The standard InChI is InChI=1S/C27H32F3N3O2/c1-3-18-16-21-17-20(6-9-24(21)32-26(18)34)25(19-4-7-22(8-5-19)27(28,29)30)33-13-10-23(11-14-33)31-12-15-35-2/h4-9,16-17,23,25,31H,3,10-15H2,1-2H3,(H,32,34). The van der Waals surface area contributed by atoms with Crippen molar-refractivity contribution in [2.24, 2.45) is 0 Å². The van der Waals surface area contributed by atoms with E-state index < -0.39 is 11.7 Å². The summed E-state index contributed by atoms with van der Waals surface area (Å²) >= 11 is 0. The Morgan fingerprint density at radius 2 is 1.77 bits per heavy atom. The summed E-state index contributed by atoms with van der Waals surface area (Å²) in [6, 6.07) is 13.5. The van der Waals surface area contributed by atoms with Gasteiger partial charge in [-0.1, -0.05) is 25.1 Å². The summed E-state index contributed by atoms with van der Waals surface area (Å²) in [7, 11) is 1.68. The first-order valence-corrected chi connectivity index (χ1v) is 12.1. The number of pyridine rings is 1. The van der Waals surface area contributed by atoms with Gasteiger partial charge in [-0.2, -0.15) is 13.2 Å². The third kappa shape index (κ3) is 5.94. The van der Waals surface area contributed by atoms with Gasteiger partial charge in [0.25, 0.3) is 5.56 Å². The minimum absolute atomic E-state index is 0.0879. The van der Waals surface area contributed by atoms with Gasteiger partial charge in [0, 0.05) is 43.9 Å². The second kappa shape index (κ2) is 10.9. The predicted molar refractivity (Wildman–Crippen MR) is 132 cm³/mol. The van der Waals surface area contributed by atoms with Crippen LogP contribution in [0.4, 0.5) is 13.2 Å². The highest BCUT2D eigenvalue weighted by atomic mass is 19.4. The number of likely N-dealkylation sites (tertiary alicyclic amines) is 1. The van der Waals surface area contributed by atoms with Gasteiger partial charge in [-0.3, -0.25) is 9.69 Å². The van der Waals surface area contributed by atoms with E-state index in [1.54, 1.807) is 19.2 Å². The fourth-order valence-corrected chi connectivity index (χ4v) is 4.90. The highest BCUT2D eigenvalue weighted by Crippen LogP contribution is 2.35. The molecule has 4 rings (SSSR count). The summed E-state index contributed by atoms with van der Waals surface area (Å²) in [5.74, 6) is 0. The number of fused-ring (bicyclic) bond motifs is 1. The zero-order valence-electron chi connectivity index (χ0n) is 20.1. The molecule has 0 aliphatic carbocycles. The third-order valence-electron chi connectivity index (χ3n) is 6.83. The Morgan fingerprint density at radius 1 is 1.09 bits per heavy atom. The van der Waals surface area contributed by atoms with E-state index in [4.69, 9.17) is 4.74 Å². The second-order valence-electron chi connectivity index (χ2n) is 9.10. The first-order valence-electron chi connectivity index (χ1n) is 12.1. The van der Waals surface area contributed by atoms with E-state index in [2.05, 4.69) is 21.3 Å². The largest absolute Gasteiger partial charge is 0.416 e. The lowest BCUT2D eigenvalue weighted by Crippen LogP contribution is -2.44. The molecule has 1 aliphatic heterocycles. The molecule has 1 aromatic heterocycles. The number of aryl methyl sites for hydroxylation is 1. The number of alkyl halides is 3. The van der Waals surface area contributed by atoms with Crippen LogP contribution < -0.4 is 10.9 Å². The molecule has 35 heavy (non-hydrogen) atoms. The Morgan fingerprint density at radius 3 is 2.40 bits per heavy atom. The first-order chi connectivity index (χ1) is 16.8. The number of hydrogen-bond donors (Lipinski definition) is 2. The Kier molecular flexibility index (Phi) is 7.94. The van der Waals surface area contributed by atoms with E-state index >= 15 is 0 Å². The lowest BCUT2D eigenvalue weighted by Gasteiger charge is -2.38. The van der Waals surface area contributed by atoms with Crippen LogP contribution in [0, 0.1) is 0 Å². The van der Waals surface area contributed by atoms with Gasteiger partial charge in [0.1, 0.15) is 0 Å². The van der Waals surface area contributed by atoms with Crippen LogP contribution in [-0.4, -0.2) is 49.3 Å². The zero-order valence-corrected chi connectivity index (χ0v) is 20.1. The Bertz CT molecular complexity index is 1180. The van der Waals surface area contributed by atoms with Crippen LogP contribution >= 0.6 is 0 Å². The zero-order chi connectivity index (χ0) is 25.0. The lowest BCUT2D eigenvalue weighted by molar-refractivity contribution is -0.137. The molecule has 0 saturated carbocycles. The first kappa shape index (κ1) is 25.4. The quantitative estimate of drug-likeness (QED) is 0.444. The number of methoxy groups -OCH3 is 1. The molecule has 5 nitrogen and oxygen atoms in total. The molecule has 1 saturated heterocycles. The normalized spacial score (nSPS) is 16.6. The fraction of sp³-hybridized carbons (Fsp3) is 0.444. The average molecular weight is 488 g/mol. The maximum Gasteiger partial charge on any atom is 0.416 e. The van der Waals surface area contributed by atoms with Crippen LogP contribution in [0.2, 0.25) is 0 Å². The molecule has 2 heterocycles. The van der Waals surface area contributed by atoms with Crippen LogP contribution in [0.15, 0.2) is 53.3 Å². The molecule has 3 aromatic rings. The van der Waals surface area contributed by atoms with E-state index in [-0.39, 0.29) is 11.6 Å². The van der Waals surface area contributed by atoms with Crippen LogP contribution in [0.25, 0.3) is 10.9 Å². The Balaban J connectivity index is 1.67. The van der Waals surface area contributed by atoms with Crippen molar-refractivity contribution in [3.63, 3.8) is 0 Å². The summed E-state index contributed by atoms with van der Waals surface area (Å²) in [4.78, 5) is 17.5. The summed E-state index contributed by atoms with van der Waals surface area (Å²) < 4.78 is 44.7. The lowest BCUT2D eigenvalue weighted by atomic mass is 9.92. The molecule has 1 atom stereocenters. The highest BCUT2D eigenvalue weighted by molar-refractivity contribution is 5.80. The van der Waals surface area contributed by atoms with Crippen molar-refractivity contribution in [3.8, 4) is 0 Å². The molecular formula is C27H32F3N3O2. The second-order valence-corrected chi connectivity index (χ2v) is 9.10. The van der Waals surface area contributed by atoms with Crippen molar-refractivity contribution in [2.75, 3.05) is 33.4 Å². The van der Waals surface area contributed by atoms with Gasteiger partial charge in [0.05, 0.1) is 18.2 Å². The fourth-order valence-electron chi connectivity index (χ4n) is 4.90. The van der Waals surface area contributed by atoms with Gasteiger partial charge in [0.2, 0.25) is 0 Å². The predicted octanol–water partition coefficient (Wildman–Crippen LogP) is 4.90. The number of piperidine rings is 1. The number of nitrogens with one attached hydrogen (secondary N) is 2. The minimum Gasteiger partial charge on any atom is -0.383 e. The van der Waals surface area contributed by atoms with Crippen LogP contribution in [-0.2, 0) is 17.3 Å². The van der Waals surface area contributed by atoms with E-state index in [0.717, 1.165) is 66.6 Å². The SMILES string of the molecule is CCc1cc2cc(C(c3ccc(C(F)(F)F)cc3)N3CCC(NCCOC)CC3)ccc2[nH]c1=O. The molecule has 1 fully saturated rings. The average Bonchev–Trinajstić information content (AvgIpc) is 2.85. The molecular weight excluding hydrogens is 455 g/mol. The monoisotopic (exact) mass is 487 g/mol. The number of benzene rings is 2. The van der Waals surface area contributed by atoms with Crippen LogP contribution in [0.5, 0.6) is 0 Å². The number of aromatic amines is 1. The molecule has 1 aliphatic rings. The molecule has 2 N–H and O–H groups in total. The number of H-pyrrole nitrogens is 1. The minimum atomic E-state index is -4.37. The Hall–Kier alpha value is -2.68. The smallest absolute Gasteiger partial charge is 0.383 e. The summed E-state index contributed by atoms with van der Waals surface area (Å²) in [5.41, 5.74) is 2.55. The highest BCUT2D eigenvalue weighted by Gasteiger charge is 2.32. The van der Waals surface area contributed by atoms with Gasteiger partial charge in [0.15, 0.2) is 0 Å². The van der Waals surface area contributed by atoms with E-state index in [1.165, 1.54) is 0 Å². The Labute approximate surface area is 203 Å². The maximum absolute atomic E-state index is 13.2. The van der Waals surface area contributed by atoms with E-state index in [9.17, 15) is 18.0 Å². The van der Waals surface area contributed by atoms with Crippen LogP contribution in [0.3, 0.4) is 0 Å². The molecule has 8 heteroatoms. The topological polar surface area (TPSA) is 57.4 Å². The van der Waals surface area contributed by atoms with Gasteiger partial charge < -0.3 is 15.0 Å². The summed E-state index contributed by atoms with van der Waals surface area (Å²) in [5, 5.41) is 4.44. The number of halogens is 3. The number of nitrogens with zero attached hydrogens (tertiary/aromatic N) is 1. The molecule has 0 radical (unpaired) electrons. The molecule has 0 bridgehead atoms. The maximum atomic E-state index is 13.2. The van der Waals surface area contributed by atoms with Gasteiger partial charge >= 0.3 is 6.18 Å². The number of ether oxygens (including phenoxy) is 1. The van der Waals surface area contributed by atoms with Crippen molar-refractivity contribution >= 4 is 10.9 Å². The van der Waals surface area contributed by atoms with Crippen molar-refractivity contribution in [1.29, 1.82) is 0 Å². The van der Waals surface area contributed by atoms with Gasteiger partial charge in [-0.15, -0.1) is 0 Å². The van der Waals surface area contributed by atoms with Crippen molar-refractivity contribution in [3.05, 3.63) is 81.1 Å². The third-order valence-corrected chi connectivity index (χ3v) is 6.83. The number of rotatable bonds is 8. The summed E-state index contributed by atoms with van der Waals surface area (Å²) in [6.07, 6.45) is -1.85. The molecule has 0 amide bonds.